The van der Waals surface area contributed by atoms with Gasteiger partial charge in [0.25, 0.3) is 0 Å². The molecule has 1 saturated heterocycles. The van der Waals surface area contributed by atoms with Crippen molar-refractivity contribution in [2.45, 2.75) is 18.8 Å². The van der Waals surface area contributed by atoms with Crippen molar-refractivity contribution in [2.24, 2.45) is 0 Å². The van der Waals surface area contributed by atoms with Gasteiger partial charge < -0.3 is 5.32 Å². The molecule has 0 amide bonds. The van der Waals surface area contributed by atoms with E-state index in [9.17, 15) is 0 Å². The van der Waals surface area contributed by atoms with Gasteiger partial charge in [0, 0.05) is 5.92 Å². The maximum absolute atomic E-state index is 4.08. The molecule has 1 N–H and O–H groups in total. The number of hydrogen-bond donors (Lipinski definition) is 1. The lowest BCUT2D eigenvalue weighted by molar-refractivity contribution is 0.457. The van der Waals surface area contributed by atoms with E-state index in [-0.39, 0.29) is 24.8 Å². The normalized spacial score (nSPS) is 17.2. The summed E-state index contributed by atoms with van der Waals surface area (Å²) in [6.07, 6.45) is 2.43. The van der Waals surface area contributed by atoms with Crippen LogP contribution in [0.15, 0.2) is 5.51 Å². The van der Waals surface area contributed by atoms with Gasteiger partial charge in [0.15, 0.2) is 0 Å². The van der Waals surface area contributed by atoms with Gasteiger partial charge in [-0.25, -0.2) is 0 Å². The van der Waals surface area contributed by atoms with Gasteiger partial charge in [0.05, 0.1) is 0 Å². The van der Waals surface area contributed by atoms with Crippen molar-refractivity contribution in [3.8, 4) is 0 Å². The molecule has 0 spiro atoms. The number of halogens is 2. The Morgan fingerprint density at radius 2 is 2.00 bits per heavy atom. The molecule has 1 aliphatic rings. The highest BCUT2D eigenvalue weighted by molar-refractivity contribution is 7.09. The highest BCUT2D eigenvalue weighted by atomic mass is 35.5. The van der Waals surface area contributed by atoms with Crippen molar-refractivity contribution < 1.29 is 0 Å². The van der Waals surface area contributed by atoms with E-state index in [0.717, 1.165) is 13.1 Å². The Balaban J connectivity index is 0.000000720. The Morgan fingerprint density at radius 1 is 1.31 bits per heavy atom. The summed E-state index contributed by atoms with van der Waals surface area (Å²) in [6.45, 7) is 2.26. The molecule has 0 aromatic carbocycles. The molecule has 0 unspecified atom stereocenters. The third kappa shape index (κ3) is 3.38. The lowest BCUT2D eigenvalue weighted by atomic mass is 9.99. The lowest BCUT2D eigenvalue weighted by Crippen LogP contribution is -2.26. The quantitative estimate of drug-likeness (QED) is 0.816. The Morgan fingerprint density at radius 3 is 2.54 bits per heavy atom. The maximum atomic E-state index is 4.08. The minimum absolute atomic E-state index is 0. The van der Waals surface area contributed by atoms with E-state index in [1.807, 2.05) is 5.51 Å². The fourth-order valence-electron chi connectivity index (χ4n) is 1.43. The van der Waals surface area contributed by atoms with E-state index in [4.69, 9.17) is 0 Å². The van der Waals surface area contributed by atoms with Crippen molar-refractivity contribution in [2.75, 3.05) is 13.1 Å². The van der Waals surface area contributed by atoms with Crippen LogP contribution in [0.2, 0.25) is 0 Å². The summed E-state index contributed by atoms with van der Waals surface area (Å²) >= 11 is 1.68. The topological polar surface area (TPSA) is 37.8 Å². The van der Waals surface area contributed by atoms with Crippen LogP contribution in [0, 0.1) is 0 Å². The van der Waals surface area contributed by atoms with Gasteiger partial charge in [-0.2, -0.15) is 0 Å². The van der Waals surface area contributed by atoms with Crippen LogP contribution in [0.4, 0.5) is 0 Å². The molecule has 2 rings (SSSR count). The number of nitrogens with one attached hydrogen (secondary N) is 1. The van der Waals surface area contributed by atoms with Crippen LogP contribution in [0.5, 0.6) is 0 Å². The van der Waals surface area contributed by atoms with Crippen molar-refractivity contribution in [3.63, 3.8) is 0 Å². The molecule has 1 aromatic heterocycles. The third-order valence-corrected chi connectivity index (χ3v) is 2.92. The van der Waals surface area contributed by atoms with Crippen LogP contribution in [-0.2, 0) is 0 Å². The summed E-state index contributed by atoms with van der Waals surface area (Å²) in [7, 11) is 0. The standard InChI is InChI=1S/C7H11N3S.2ClH/c1-3-8-4-2-6(1)7-10-9-5-11-7;;/h5-6,8H,1-4H2;2*1H. The highest BCUT2D eigenvalue weighted by Gasteiger charge is 2.17. The van der Waals surface area contributed by atoms with E-state index >= 15 is 0 Å². The smallest absolute Gasteiger partial charge is 0.120 e. The molecular formula is C7H13Cl2N3S. The number of hydrogen-bond acceptors (Lipinski definition) is 4. The Hall–Kier alpha value is 0.1000. The van der Waals surface area contributed by atoms with Crippen LogP contribution in [0.25, 0.3) is 0 Å². The SMILES string of the molecule is Cl.Cl.c1nnc(C2CCNCC2)s1. The van der Waals surface area contributed by atoms with E-state index in [0.29, 0.717) is 5.92 Å². The van der Waals surface area contributed by atoms with Gasteiger partial charge in [-0.3, -0.25) is 0 Å². The molecule has 0 radical (unpaired) electrons. The van der Waals surface area contributed by atoms with Gasteiger partial charge in [0.2, 0.25) is 0 Å². The molecule has 1 fully saturated rings. The predicted molar refractivity (Wildman–Crippen MR) is 59.2 cm³/mol. The fourth-order valence-corrected chi connectivity index (χ4v) is 2.15. The molecule has 3 nitrogen and oxygen atoms in total. The number of rotatable bonds is 1. The monoisotopic (exact) mass is 241 g/mol. The van der Waals surface area contributed by atoms with E-state index in [1.165, 1.54) is 17.8 Å². The van der Waals surface area contributed by atoms with E-state index in [1.54, 1.807) is 11.3 Å². The number of nitrogens with zero attached hydrogens (tertiary/aromatic N) is 2. The van der Waals surface area contributed by atoms with Crippen molar-refractivity contribution in [1.82, 2.24) is 15.5 Å². The fraction of sp³-hybridized carbons (Fsp3) is 0.714. The summed E-state index contributed by atoms with van der Waals surface area (Å²) in [5, 5.41) is 12.5. The second-order valence-electron chi connectivity index (χ2n) is 2.80. The molecule has 76 valence electrons. The zero-order valence-corrected chi connectivity index (χ0v) is 9.55. The van der Waals surface area contributed by atoms with Crippen LogP contribution in [0.1, 0.15) is 23.8 Å². The van der Waals surface area contributed by atoms with Gasteiger partial charge in [-0.05, 0) is 25.9 Å². The minimum Gasteiger partial charge on any atom is -0.317 e. The summed E-state index contributed by atoms with van der Waals surface area (Å²) in [6, 6.07) is 0. The van der Waals surface area contributed by atoms with Gasteiger partial charge in [-0.15, -0.1) is 46.3 Å². The summed E-state index contributed by atoms with van der Waals surface area (Å²) in [5.41, 5.74) is 1.82. The first-order valence-electron chi connectivity index (χ1n) is 3.93. The molecule has 0 aliphatic carbocycles. The molecule has 2 heterocycles. The van der Waals surface area contributed by atoms with Gasteiger partial charge in [0.1, 0.15) is 10.5 Å². The van der Waals surface area contributed by atoms with Crippen LogP contribution < -0.4 is 5.32 Å². The Kier molecular flexibility index (Phi) is 6.59. The average molecular weight is 242 g/mol. The van der Waals surface area contributed by atoms with Crippen LogP contribution >= 0.6 is 36.2 Å². The van der Waals surface area contributed by atoms with Crippen LogP contribution in [0.3, 0.4) is 0 Å². The van der Waals surface area contributed by atoms with Crippen LogP contribution in [-0.4, -0.2) is 23.3 Å². The van der Waals surface area contributed by atoms with Crippen molar-refractivity contribution >= 4 is 36.2 Å². The molecule has 0 bridgehead atoms. The van der Waals surface area contributed by atoms with Gasteiger partial charge >= 0.3 is 0 Å². The average Bonchev–Trinajstić information content (AvgIpc) is 2.58. The number of piperidine rings is 1. The maximum Gasteiger partial charge on any atom is 0.120 e. The van der Waals surface area contributed by atoms with E-state index in [2.05, 4.69) is 15.5 Å². The van der Waals surface area contributed by atoms with Crippen molar-refractivity contribution in [1.29, 1.82) is 0 Å². The second kappa shape index (κ2) is 6.54. The molecule has 1 aromatic rings. The molecule has 1 aliphatic heterocycles. The van der Waals surface area contributed by atoms with E-state index < -0.39 is 0 Å². The first kappa shape index (κ1) is 13.1. The first-order chi connectivity index (χ1) is 5.47. The summed E-state index contributed by atoms with van der Waals surface area (Å²) in [5.74, 6) is 0.670. The molecule has 13 heavy (non-hydrogen) atoms. The zero-order chi connectivity index (χ0) is 7.52. The highest BCUT2D eigenvalue weighted by Crippen LogP contribution is 2.25. The minimum atomic E-state index is 0. The molecule has 0 atom stereocenters. The summed E-state index contributed by atoms with van der Waals surface area (Å²) in [4.78, 5) is 0. The second-order valence-corrected chi connectivity index (χ2v) is 3.67. The third-order valence-electron chi connectivity index (χ3n) is 2.07. The largest absolute Gasteiger partial charge is 0.317 e. The molecule has 6 heteroatoms. The lowest BCUT2D eigenvalue weighted by Gasteiger charge is -2.19. The zero-order valence-electron chi connectivity index (χ0n) is 7.10. The Bertz CT molecular complexity index is 212. The predicted octanol–water partition coefficient (Wildman–Crippen LogP) is 1.85. The number of aromatic nitrogens is 2. The molecule has 0 saturated carbocycles. The van der Waals surface area contributed by atoms with Gasteiger partial charge in [-0.1, -0.05) is 0 Å². The first-order valence-corrected chi connectivity index (χ1v) is 4.81. The molecular weight excluding hydrogens is 229 g/mol. The van der Waals surface area contributed by atoms with Crippen molar-refractivity contribution in [3.05, 3.63) is 10.5 Å². The summed E-state index contributed by atoms with van der Waals surface area (Å²) < 4.78 is 0. The Labute approximate surface area is 94.2 Å².